The van der Waals surface area contributed by atoms with Crippen LogP contribution in [-0.2, 0) is 9.53 Å². The van der Waals surface area contributed by atoms with E-state index in [0.29, 0.717) is 6.42 Å². The van der Waals surface area contributed by atoms with Gasteiger partial charge in [0.05, 0.1) is 7.11 Å². The van der Waals surface area contributed by atoms with Gasteiger partial charge >= 0.3 is 5.97 Å². The second kappa shape index (κ2) is 8.08. The predicted molar refractivity (Wildman–Crippen MR) is 60.5 cm³/mol. The average Bonchev–Trinajstić information content (AvgIpc) is 2.15. The molecule has 14 heavy (non-hydrogen) atoms. The van der Waals surface area contributed by atoms with Crippen molar-refractivity contribution < 1.29 is 9.53 Å². The van der Waals surface area contributed by atoms with Crippen molar-refractivity contribution in [2.24, 2.45) is 5.73 Å². The zero-order valence-electron chi connectivity index (χ0n) is 9.16. The van der Waals surface area contributed by atoms with E-state index >= 15 is 0 Å². The molecule has 0 spiro atoms. The van der Waals surface area contributed by atoms with Gasteiger partial charge in [-0.15, -0.1) is 0 Å². The molecule has 1 atom stereocenters. The molecule has 0 saturated heterocycles. The van der Waals surface area contributed by atoms with Crippen molar-refractivity contribution in [2.45, 2.75) is 12.5 Å². The highest BCUT2D eigenvalue weighted by molar-refractivity contribution is 7.99. The average molecular weight is 220 g/mol. The number of nitrogens with zero attached hydrogens (tertiary/aromatic N) is 1. The molecule has 0 heterocycles. The fourth-order valence-electron chi connectivity index (χ4n) is 0.829. The van der Waals surface area contributed by atoms with Crippen molar-refractivity contribution in [3.05, 3.63) is 0 Å². The Hall–Kier alpha value is -0.260. The Kier molecular flexibility index (Phi) is 7.93. The summed E-state index contributed by atoms with van der Waals surface area (Å²) in [5.74, 6) is 1.66. The molecule has 0 fully saturated rings. The molecule has 5 heteroatoms. The van der Waals surface area contributed by atoms with Gasteiger partial charge in [-0.05, 0) is 26.3 Å². The zero-order valence-corrected chi connectivity index (χ0v) is 9.97. The Morgan fingerprint density at radius 2 is 2.14 bits per heavy atom. The smallest absolute Gasteiger partial charge is 0.322 e. The number of methoxy groups -OCH3 is 1. The normalized spacial score (nSPS) is 12.9. The monoisotopic (exact) mass is 220 g/mol. The fourth-order valence-corrected chi connectivity index (χ4v) is 1.95. The Morgan fingerprint density at radius 3 is 2.64 bits per heavy atom. The summed E-state index contributed by atoms with van der Waals surface area (Å²) in [6.45, 7) is 1.05. The van der Waals surface area contributed by atoms with Gasteiger partial charge in [0, 0.05) is 12.3 Å². The number of carbonyl (C=O) groups excluding carboxylic acids is 1. The number of rotatable bonds is 7. The van der Waals surface area contributed by atoms with Crippen LogP contribution in [0.15, 0.2) is 0 Å². The summed E-state index contributed by atoms with van der Waals surface area (Å²) in [5.41, 5.74) is 5.57. The van der Waals surface area contributed by atoms with Crippen LogP contribution < -0.4 is 5.73 Å². The summed E-state index contributed by atoms with van der Waals surface area (Å²) in [6.07, 6.45) is 0.685. The number of esters is 1. The lowest BCUT2D eigenvalue weighted by molar-refractivity contribution is -0.142. The Bertz CT molecular complexity index is 165. The van der Waals surface area contributed by atoms with Crippen molar-refractivity contribution in [2.75, 3.05) is 39.3 Å². The van der Waals surface area contributed by atoms with Crippen LogP contribution in [0.25, 0.3) is 0 Å². The van der Waals surface area contributed by atoms with E-state index in [1.807, 2.05) is 25.9 Å². The standard InChI is InChI=1S/C9H20N2O2S/c1-11(2)5-7-14-6-4-8(10)9(12)13-3/h8H,4-7,10H2,1-3H3. The molecule has 84 valence electrons. The van der Waals surface area contributed by atoms with E-state index in [9.17, 15) is 4.79 Å². The third-order valence-corrected chi connectivity index (χ3v) is 2.76. The highest BCUT2D eigenvalue weighted by Crippen LogP contribution is 2.04. The van der Waals surface area contributed by atoms with Crippen LogP contribution in [0.5, 0.6) is 0 Å². The van der Waals surface area contributed by atoms with E-state index in [0.717, 1.165) is 18.1 Å². The van der Waals surface area contributed by atoms with Crippen LogP contribution >= 0.6 is 11.8 Å². The number of carbonyl (C=O) groups is 1. The first-order chi connectivity index (χ1) is 6.57. The molecule has 4 nitrogen and oxygen atoms in total. The van der Waals surface area contributed by atoms with Gasteiger partial charge in [-0.3, -0.25) is 4.79 Å². The molecule has 0 aromatic rings. The second-order valence-corrected chi connectivity index (χ2v) is 4.56. The highest BCUT2D eigenvalue weighted by Gasteiger charge is 2.12. The van der Waals surface area contributed by atoms with Gasteiger partial charge in [-0.25, -0.2) is 0 Å². The highest BCUT2D eigenvalue weighted by atomic mass is 32.2. The summed E-state index contributed by atoms with van der Waals surface area (Å²) < 4.78 is 4.53. The maximum Gasteiger partial charge on any atom is 0.322 e. The number of ether oxygens (including phenoxy) is 1. The first-order valence-electron chi connectivity index (χ1n) is 4.63. The quantitative estimate of drug-likeness (QED) is 0.490. The largest absolute Gasteiger partial charge is 0.468 e. The van der Waals surface area contributed by atoms with Crippen LogP contribution in [0.4, 0.5) is 0 Å². The van der Waals surface area contributed by atoms with E-state index in [4.69, 9.17) is 5.73 Å². The molecule has 0 aliphatic heterocycles. The minimum atomic E-state index is -0.466. The number of nitrogens with two attached hydrogens (primary N) is 1. The van der Waals surface area contributed by atoms with E-state index < -0.39 is 6.04 Å². The molecular weight excluding hydrogens is 200 g/mol. The minimum Gasteiger partial charge on any atom is -0.468 e. The lowest BCUT2D eigenvalue weighted by Crippen LogP contribution is -2.32. The van der Waals surface area contributed by atoms with E-state index in [-0.39, 0.29) is 5.97 Å². The molecule has 0 bridgehead atoms. The third-order valence-electron chi connectivity index (χ3n) is 1.76. The van der Waals surface area contributed by atoms with E-state index in [1.165, 1.54) is 7.11 Å². The SMILES string of the molecule is COC(=O)C(N)CCSCCN(C)C. The van der Waals surface area contributed by atoms with Gasteiger partial charge in [-0.1, -0.05) is 0 Å². The predicted octanol–water partition coefficient (Wildman–Crippen LogP) is 0.172. The third kappa shape index (κ3) is 7.17. The zero-order chi connectivity index (χ0) is 11.0. The summed E-state index contributed by atoms with van der Waals surface area (Å²) in [4.78, 5) is 13.1. The molecule has 0 saturated carbocycles. The van der Waals surface area contributed by atoms with Crippen LogP contribution in [0, 0.1) is 0 Å². The Balaban J connectivity index is 3.31. The van der Waals surface area contributed by atoms with Crippen molar-refractivity contribution >= 4 is 17.7 Å². The van der Waals surface area contributed by atoms with Gasteiger partial charge in [0.2, 0.25) is 0 Å². The summed E-state index contributed by atoms with van der Waals surface area (Å²) in [5, 5.41) is 0. The Labute approximate surface area is 90.2 Å². The first-order valence-corrected chi connectivity index (χ1v) is 5.79. The molecule has 2 N–H and O–H groups in total. The number of hydrogen-bond donors (Lipinski definition) is 1. The molecule has 0 amide bonds. The molecule has 1 unspecified atom stereocenters. The molecule has 0 aromatic heterocycles. The van der Waals surface area contributed by atoms with Crippen LogP contribution in [0.1, 0.15) is 6.42 Å². The van der Waals surface area contributed by atoms with E-state index in [1.54, 1.807) is 0 Å². The van der Waals surface area contributed by atoms with E-state index in [2.05, 4.69) is 9.64 Å². The number of thioether (sulfide) groups is 1. The van der Waals surface area contributed by atoms with Crippen LogP contribution in [-0.4, -0.2) is 56.2 Å². The molecule has 0 aliphatic carbocycles. The van der Waals surface area contributed by atoms with Crippen LogP contribution in [0.3, 0.4) is 0 Å². The van der Waals surface area contributed by atoms with Gasteiger partial charge in [0.25, 0.3) is 0 Å². The fraction of sp³-hybridized carbons (Fsp3) is 0.889. The molecular formula is C9H20N2O2S. The van der Waals surface area contributed by atoms with Gasteiger partial charge < -0.3 is 15.4 Å². The molecule has 0 radical (unpaired) electrons. The number of hydrogen-bond acceptors (Lipinski definition) is 5. The van der Waals surface area contributed by atoms with Crippen LogP contribution in [0.2, 0.25) is 0 Å². The maximum atomic E-state index is 10.9. The van der Waals surface area contributed by atoms with Crippen molar-refractivity contribution in [1.29, 1.82) is 0 Å². The summed E-state index contributed by atoms with van der Waals surface area (Å²) in [7, 11) is 5.45. The molecule has 0 aromatic carbocycles. The lowest BCUT2D eigenvalue weighted by Gasteiger charge is -2.10. The van der Waals surface area contributed by atoms with Gasteiger partial charge in [0.15, 0.2) is 0 Å². The molecule has 0 rings (SSSR count). The van der Waals surface area contributed by atoms with Gasteiger partial charge in [-0.2, -0.15) is 11.8 Å². The summed E-state index contributed by atoms with van der Waals surface area (Å²) in [6, 6.07) is -0.466. The molecule has 0 aliphatic rings. The summed E-state index contributed by atoms with van der Waals surface area (Å²) >= 11 is 1.81. The topological polar surface area (TPSA) is 55.6 Å². The Morgan fingerprint density at radius 1 is 1.50 bits per heavy atom. The first kappa shape index (κ1) is 13.7. The maximum absolute atomic E-state index is 10.9. The van der Waals surface area contributed by atoms with Crippen molar-refractivity contribution in [1.82, 2.24) is 4.90 Å². The second-order valence-electron chi connectivity index (χ2n) is 3.33. The van der Waals surface area contributed by atoms with Crippen molar-refractivity contribution in [3.63, 3.8) is 0 Å². The lowest BCUT2D eigenvalue weighted by atomic mass is 10.2. The van der Waals surface area contributed by atoms with Gasteiger partial charge in [0.1, 0.15) is 6.04 Å². The minimum absolute atomic E-state index is 0.321. The van der Waals surface area contributed by atoms with Crippen molar-refractivity contribution in [3.8, 4) is 0 Å².